The molecule has 0 fully saturated rings. The van der Waals surface area contributed by atoms with E-state index in [2.05, 4.69) is 41.3 Å². The average molecular weight is 354 g/mol. The first kappa shape index (κ1) is 16.0. The van der Waals surface area contributed by atoms with E-state index in [1.54, 1.807) is 18.6 Å². The summed E-state index contributed by atoms with van der Waals surface area (Å²) in [6, 6.07) is -0.267. The third-order valence-corrected chi connectivity index (χ3v) is 3.74. The molecule has 0 saturated carbocycles. The summed E-state index contributed by atoms with van der Waals surface area (Å²) in [6.07, 6.45) is 5.24. The van der Waals surface area contributed by atoms with Gasteiger partial charge < -0.3 is 4.90 Å². The van der Waals surface area contributed by atoms with Crippen LogP contribution < -0.4 is 11.3 Å². The van der Waals surface area contributed by atoms with Gasteiger partial charge in [-0.05, 0) is 36.9 Å². The summed E-state index contributed by atoms with van der Waals surface area (Å²) >= 11 is 3.54. The molecule has 3 N–H and O–H groups in total. The summed E-state index contributed by atoms with van der Waals surface area (Å²) in [5.74, 6) is 5.74. The van der Waals surface area contributed by atoms with E-state index in [1.165, 1.54) is 0 Å². The number of hydrazine groups is 1. The summed E-state index contributed by atoms with van der Waals surface area (Å²) < 4.78 is 2.82. The van der Waals surface area contributed by atoms with Gasteiger partial charge in [0, 0.05) is 12.7 Å². The first-order valence-corrected chi connectivity index (χ1v) is 7.43. The van der Waals surface area contributed by atoms with Crippen LogP contribution in [0, 0.1) is 6.92 Å². The predicted molar refractivity (Wildman–Crippen MR) is 84.4 cm³/mol. The van der Waals surface area contributed by atoms with Crippen LogP contribution in [0.1, 0.15) is 23.1 Å². The fourth-order valence-corrected chi connectivity index (χ4v) is 2.51. The van der Waals surface area contributed by atoms with Crippen LogP contribution in [0.25, 0.3) is 0 Å². The van der Waals surface area contributed by atoms with Crippen LogP contribution in [-0.4, -0.2) is 45.3 Å². The molecule has 0 spiro atoms. The molecule has 114 valence electrons. The van der Waals surface area contributed by atoms with Crippen LogP contribution in [0.5, 0.6) is 0 Å². The molecule has 1 atom stereocenters. The molecule has 1 unspecified atom stereocenters. The molecule has 8 heteroatoms. The molecule has 2 heterocycles. The van der Waals surface area contributed by atoms with Crippen molar-refractivity contribution >= 4 is 15.9 Å². The van der Waals surface area contributed by atoms with Crippen molar-refractivity contribution in [2.75, 3.05) is 20.6 Å². The van der Waals surface area contributed by atoms with Gasteiger partial charge >= 0.3 is 0 Å². The molecule has 0 aliphatic carbocycles. The summed E-state index contributed by atoms with van der Waals surface area (Å²) in [5, 5.41) is 4.40. The van der Waals surface area contributed by atoms with Gasteiger partial charge in [0.05, 0.1) is 40.5 Å². The standard InChI is InChI=1S/C13H20BrN7/c1-9-6-17-11(8-16-9)12(19-15)13-10(14)7-18-21(13)5-4-20(2)3/h6-8,12,19H,4-5,15H2,1-3H3. The maximum Gasteiger partial charge on any atom is 0.108 e. The Morgan fingerprint density at radius 2 is 2.10 bits per heavy atom. The molecule has 0 aliphatic heterocycles. The minimum absolute atomic E-state index is 0.267. The molecular formula is C13H20BrN7. The van der Waals surface area contributed by atoms with Gasteiger partial charge in [0.1, 0.15) is 6.04 Å². The maximum atomic E-state index is 5.74. The molecule has 0 aliphatic rings. The number of nitrogens with one attached hydrogen (secondary N) is 1. The van der Waals surface area contributed by atoms with Crippen LogP contribution in [0.2, 0.25) is 0 Å². The van der Waals surface area contributed by atoms with E-state index in [0.29, 0.717) is 0 Å². The van der Waals surface area contributed by atoms with Crippen molar-refractivity contribution < 1.29 is 0 Å². The number of halogens is 1. The van der Waals surface area contributed by atoms with Crippen LogP contribution in [0.3, 0.4) is 0 Å². The normalized spacial score (nSPS) is 12.9. The zero-order chi connectivity index (χ0) is 15.4. The fourth-order valence-electron chi connectivity index (χ4n) is 1.99. The molecular weight excluding hydrogens is 334 g/mol. The highest BCUT2D eigenvalue weighted by Gasteiger charge is 2.22. The van der Waals surface area contributed by atoms with Gasteiger partial charge in [0.15, 0.2) is 0 Å². The summed E-state index contributed by atoms with van der Waals surface area (Å²) in [6.45, 7) is 3.56. The largest absolute Gasteiger partial charge is 0.308 e. The predicted octanol–water partition coefficient (Wildman–Crippen LogP) is 0.858. The van der Waals surface area contributed by atoms with Crippen molar-refractivity contribution in [2.24, 2.45) is 5.84 Å². The van der Waals surface area contributed by atoms with Gasteiger partial charge in [-0.25, -0.2) is 5.43 Å². The molecule has 0 saturated heterocycles. The third-order valence-electron chi connectivity index (χ3n) is 3.13. The van der Waals surface area contributed by atoms with Gasteiger partial charge in [-0.2, -0.15) is 5.10 Å². The van der Waals surface area contributed by atoms with E-state index in [4.69, 9.17) is 5.84 Å². The Labute approximate surface area is 132 Å². The third kappa shape index (κ3) is 3.85. The molecule has 2 aromatic rings. The smallest absolute Gasteiger partial charge is 0.108 e. The number of nitrogens with two attached hydrogens (primary N) is 1. The van der Waals surface area contributed by atoms with Crippen molar-refractivity contribution in [3.8, 4) is 0 Å². The van der Waals surface area contributed by atoms with Crippen molar-refractivity contribution in [1.82, 2.24) is 30.1 Å². The van der Waals surface area contributed by atoms with E-state index in [0.717, 1.165) is 34.6 Å². The number of hydrogen-bond donors (Lipinski definition) is 2. The van der Waals surface area contributed by atoms with Gasteiger partial charge in [-0.15, -0.1) is 0 Å². The highest BCUT2D eigenvalue weighted by Crippen LogP contribution is 2.26. The van der Waals surface area contributed by atoms with Crippen molar-refractivity contribution in [2.45, 2.75) is 19.5 Å². The van der Waals surface area contributed by atoms with Crippen LogP contribution in [-0.2, 0) is 6.54 Å². The number of aromatic nitrogens is 4. The minimum atomic E-state index is -0.267. The lowest BCUT2D eigenvalue weighted by Crippen LogP contribution is -2.32. The van der Waals surface area contributed by atoms with E-state index < -0.39 is 0 Å². The van der Waals surface area contributed by atoms with Crippen molar-refractivity contribution in [1.29, 1.82) is 0 Å². The molecule has 0 aromatic carbocycles. The maximum absolute atomic E-state index is 5.74. The Morgan fingerprint density at radius 1 is 1.33 bits per heavy atom. The number of hydrogen-bond acceptors (Lipinski definition) is 6. The Kier molecular flexibility index (Phi) is 5.40. The van der Waals surface area contributed by atoms with E-state index in [1.807, 2.05) is 25.7 Å². The highest BCUT2D eigenvalue weighted by atomic mass is 79.9. The Balaban J connectivity index is 2.33. The summed E-state index contributed by atoms with van der Waals surface area (Å²) in [5.41, 5.74) is 5.37. The van der Waals surface area contributed by atoms with Crippen molar-refractivity contribution in [3.63, 3.8) is 0 Å². The quantitative estimate of drug-likeness (QED) is 0.591. The minimum Gasteiger partial charge on any atom is -0.308 e. The van der Waals surface area contributed by atoms with Crippen LogP contribution in [0.15, 0.2) is 23.1 Å². The topological polar surface area (TPSA) is 84.9 Å². The van der Waals surface area contributed by atoms with E-state index in [9.17, 15) is 0 Å². The van der Waals surface area contributed by atoms with Crippen LogP contribution in [0.4, 0.5) is 0 Å². The lowest BCUT2D eigenvalue weighted by Gasteiger charge is -2.19. The molecule has 2 rings (SSSR count). The van der Waals surface area contributed by atoms with E-state index >= 15 is 0 Å². The average Bonchev–Trinajstić information content (AvgIpc) is 2.81. The Bertz CT molecular complexity index is 579. The highest BCUT2D eigenvalue weighted by molar-refractivity contribution is 9.10. The van der Waals surface area contributed by atoms with Gasteiger partial charge in [0.2, 0.25) is 0 Å². The first-order chi connectivity index (χ1) is 10.0. The van der Waals surface area contributed by atoms with Crippen molar-refractivity contribution in [3.05, 3.63) is 40.1 Å². The number of rotatable bonds is 6. The Hall–Kier alpha value is -1.35. The first-order valence-electron chi connectivity index (χ1n) is 6.63. The molecule has 0 amide bonds. The summed E-state index contributed by atoms with van der Waals surface area (Å²) in [7, 11) is 4.06. The zero-order valence-corrected chi connectivity index (χ0v) is 14.0. The molecule has 0 bridgehead atoms. The monoisotopic (exact) mass is 353 g/mol. The lowest BCUT2D eigenvalue weighted by molar-refractivity contribution is 0.365. The molecule has 7 nitrogen and oxygen atoms in total. The second-order valence-electron chi connectivity index (χ2n) is 5.09. The second kappa shape index (κ2) is 7.08. The molecule has 0 radical (unpaired) electrons. The number of likely N-dealkylation sites (N-methyl/N-ethyl adjacent to an activating group) is 1. The fraction of sp³-hybridized carbons (Fsp3) is 0.462. The zero-order valence-electron chi connectivity index (χ0n) is 12.4. The summed E-state index contributed by atoms with van der Waals surface area (Å²) in [4.78, 5) is 10.8. The lowest BCUT2D eigenvalue weighted by atomic mass is 10.1. The molecule has 2 aromatic heterocycles. The number of aryl methyl sites for hydroxylation is 1. The Morgan fingerprint density at radius 3 is 2.67 bits per heavy atom. The van der Waals surface area contributed by atoms with Gasteiger partial charge in [-0.1, -0.05) is 0 Å². The van der Waals surface area contributed by atoms with E-state index in [-0.39, 0.29) is 6.04 Å². The van der Waals surface area contributed by atoms with Crippen LogP contribution >= 0.6 is 15.9 Å². The number of nitrogens with zero attached hydrogens (tertiary/aromatic N) is 5. The van der Waals surface area contributed by atoms with Gasteiger partial charge in [0.25, 0.3) is 0 Å². The molecule has 21 heavy (non-hydrogen) atoms. The second-order valence-corrected chi connectivity index (χ2v) is 5.94. The SMILES string of the molecule is Cc1cnc(C(NN)c2c(Br)cnn2CCN(C)C)cn1. The van der Waals surface area contributed by atoms with Gasteiger partial charge in [-0.3, -0.25) is 20.5 Å².